The third-order valence-electron chi connectivity index (χ3n) is 2.31. The van der Waals surface area contributed by atoms with E-state index in [1.54, 1.807) is 0 Å². The van der Waals surface area contributed by atoms with Crippen molar-refractivity contribution in [3.05, 3.63) is 23.4 Å². The third-order valence-corrected chi connectivity index (χ3v) is 3.96. The highest BCUT2D eigenvalue weighted by molar-refractivity contribution is 7.57. The Morgan fingerprint density at radius 3 is 2.15 bits per heavy atom. The molecule has 1 rings (SSSR count). The summed E-state index contributed by atoms with van der Waals surface area (Å²) >= 11 is 0. The number of hydrogen-bond acceptors (Lipinski definition) is 5. The summed E-state index contributed by atoms with van der Waals surface area (Å²) in [5.74, 6) is -0.101. The number of rotatable bonds is 5. The Bertz CT molecular complexity index is 535. The van der Waals surface area contributed by atoms with Gasteiger partial charge >= 0.3 is 7.59 Å². The fourth-order valence-corrected chi connectivity index (χ4v) is 3.25. The Kier molecular flexibility index (Phi) is 4.88. The number of hydrogen-bond donors (Lipinski definition) is 6. The molecule has 0 radical (unpaired) electrons. The molecular weight excluding hydrogens is 308 g/mol. The highest BCUT2D eigenvalue weighted by atomic mass is 31.2. The lowest BCUT2D eigenvalue weighted by molar-refractivity contribution is 0.0218. The van der Waals surface area contributed by atoms with E-state index in [1.807, 2.05) is 0 Å². The average Bonchev–Trinajstić information content (AvgIpc) is 2.24. The predicted octanol–water partition coefficient (Wildman–Crippen LogP) is -1.43. The number of allylic oxidation sites excluding steroid dienone is 1. The molecule has 11 nitrogen and oxygen atoms in total. The topological polar surface area (TPSA) is 198 Å². The first-order valence-electron chi connectivity index (χ1n) is 5.21. The molecule has 0 aromatic carbocycles. The van der Waals surface area contributed by atoms with Gasteiger partial charge in [-0.05, 0) is 6.08 Å². The quantitative estimate of drug-likeness (QED) is 0.324. The molecule has 0 amide bonds. The summed E-state index contributed by atoms with van der Waals surface area (Å²) in [7, 11) is -4.90. The summed E-state index contributed by atoms with van der Waals surface area (Å²) in [6.45, 7) is 0. The maximum absolute atomic E-state index is 12.0. The van der Waals surface area contributed by atoms with Crippen molar-refractivity contribution in [1.29, 1.82) is 0 Å². The van der Waals surface area contributed by atoms with Gasteiger partial charge in [0.2, 0.25) is 5.88 Å². The lowest BCUT2D eigenvalue weighted by atomic mass is 10.2. The van der Waals surface area contributed by atoms with Crippen LogP contribution in [0.5, 0.6) is 0 Å². The van der Waals surface area contributed by atoms with Crippen LogP contribution in [0, 0.1) is 0 Å². The lowest BCUT2D eigenvalue weighted by Crippen LogP contribution is -2.45. The third kappa shape index (κ3) is 3.74. The molecular formula is C7H19N7O4P2. The first-order valence-corrected chi connectivity index (χ1v) is 8.86. The minimum Gasteiger partial charge on any atom is -0.481 e. The van der Waals surface area contributed by atoms with E-state index in [0.29, 0.717) is 0 Å². The number of nitrogens with two attached hydrogens (primary N) is 5. The van der Waals surface area contributed by atoms with Gasteiger partial charge in [0.05, 0.1) is 12.8 Å². The van der Waals surface area contributed by atoms with E-state index in [4.69, 9.17) is 37.2 Å². The van der Waals surface area contributed by atoms with Gasteiger partial charge in [0.15, 0.2) is 6.23 Å². The van der Waals surface area contributed by atoms with E-state index in [2.05, 4.69) is 5.09 Å². The van der Waals surface area contributed by atoms with Crippen molar-refractivity contribution < 1.29 is 18.6 Å². The molecule has 11 N–H and O–H groups in total. The molecule has 1 atom stereocenters. The van der Waals surface area contributed by atoms with Gasteiger partial charge in [-0.3, -0.25) is 31.1 Å². The van der Waals surface area contributed by atoms with Gasteiger partial charge in [0.1, 0.15) is 5.70 Å². The van der Waals surface area contributed by atoms with Crippen molar-refractivity contribution in [2.24, 2.45) is 27.8 Å². The SMILES string of the molecule is COC1=C(NP(N)(N)=O)C=C(N)C(OC)N1P(N)(N)=O. The van der Waals surface area contributed by atoms with Crippen LogP contribution in [-0.2, 0) is 18.6 Å². The van der Waals surface area contributed by atoms with Crippen LogP contribution in [0.1, 0.15) is 0 Å². The van der Waals surface area contributed by atoms with Gasteiger partial charge in [0.25, 0.3) is 7.59 Å². The summed E-state index contributed by atoms with van der Waals surface area (Å²) in [5, 5.41) is 2.32. The highest BCUT2D eigenvalue weighted by Gasteiger charge is 2.39. The van der Waals surface area contributed by atoms with Gasteiger partial charge in [-0.15, -0.1) is 0 Å². The molecule has 1 aliphatic rings. The van der Waals surface area contributed by atoms with Crippen LogP contribution < -0.4 is 32.8 Å². The maximum Gasteiger partial charge on any atom is 0.305 e. The molecule has 1 heterocycles. The smallest absolute Gasteiger partial charge is 0.305 e. The standard InChI is InChI=1S/C7H19N7O4P2/c1-17-6-4(8)3-5(13-19(9,10)15)7(18-2)14(6)20(11,12)16/h3,6H,8H2,1-2H3,(H4,11,12,16)(H5,9,10,13,15). The van der Waals surface area contributed by atoms with Gasteiger partial charge < -0.3 is 20.3 Å². The van der Waals surface area contributed by atoms with E-state index in [9.17, 15) is 9.13 Å². The number of nitrogens with one attached hydrogen (secondary N) is 1. The van der Waals surface area contributed by atoms with Crippen LogP contribution in [0.15, 0.2) is 23.4 Å². The molecule has 116 valence electrons. The molecule has 20 heavy (non-hydrogen) atoms. The first-order chi connectivity index (χ1) is 9.01. The van der Waals surface area contributed by atoms with Crippen molar-refractivity contribution in [1.82, 2.24) is 9.76 Å². The van der Waals surface area contributed by atoms with Crippen LogP contribution in [0.4, 0.5) is 0 Å². The molecule has 1 aliphatic heterocycles. The maximum atomic E-state index is 12.0. The summed E-state index contributed by atoms with van der Waals surface area (Å²) < 4.78 is 34.6. The molecule has 0 bridgehead atoms. The Morgan fingerprint density at radius 2 is 1.80 bits per heavy atom. The molecule has 13 heteroatoms. The van der Waals surface area contributed by atoms with Crippen molar-refractivity contribution in [2.75, 3.05) is 14.2 Å². The zero-order valence-corrected chi connectivity index (χ0v) is 12.8. The zero-order chi connectivity index (χ0) is 15.7. The van der Waals surface area contributed by atoms with E-state index in [-0.39, 0.29) is 17.3 Å². The number of ether oxygens (including phenoxy) is 2. The van der Waals surface area contributed by atoms with Crippen LogP contribution in [0.3, 0.4) is 0 Å². The Morgan fingerprint density at radius 1 is 1.25 bits per heavy atom. The van der Waals surface area contributed by atoms with Crippen molar-refractivity contribution in [2.45, 2.75) is 6.23 Å². The molecule has 0 aliphatic carbocycles. The predicted molar refractivity (Wildman–Crippen MR) is 74.0 cm³/mol. The van der Waals surface area contributed by atoms with Gasteiger partial charge in [-0.2, -0.15) is 0 Å². The van der Waals surface area contributed by atoms with Gasteiger partial charge in [0, 0.05) is 7.11 Å². The summed E-state index contributed by atoms with van der Waals surface area (Å²) in [4.78, 5) is 0. The fourth-order valence-electron chi connectivity index (χ4n) is 1.68. The van der Waals surface area contributed by atoms with Crippen molar-refractivity contribution in [3.63, 3.8) is 0 Å². The minimum atomic E-state index is -3.83. The van der Waals surface area contributed by atoms with Gasteiger partial charge in [-0.25, -0.2) is 4.67 Å². The second kappa shape index (κ2) is 5.74. The zero-order valence-electron chi connectivity index (χ0n) is 11.0. The van der Waals surface area contributed by atoms with E-state index in [0.717, 1.165) is 4.67 Å². The average molecular weight is 327 g/mol. The van der Waals surface area contributed by atoms with Gasteiger partial charge in [-0.1, -0.05) is 0 Å². The second-order valence-corrected chi connectivity index (χ2v) is 7.41. The first kappa shape index (κ1) is 17.0. The molecule has 0 spiro atoms. The second-order valence-electron chi connectivity index (χ2n) is 3.99. The Hall–Kier alpha value is -1.06. The Labute approximate surface area is 116 Å². The molecule has 0 aromatic heterocycles. The molecule has 1 unspecified atom stereocenters. The summed E-state index contributed by atoms with van der Waals surface area (Å²) in [6.07, 6.45) is 0.317. The van der Waals surface area contributed by atoms with Crippen LogP contribution in [-0.4, -0.2) is 25.1 Å². The normalized spacial score (nSPS) is 20.8. The minimum absolute atomic E-state index is 0.0303. The molecule has 0 saturated heterocycles. The largest absolute Gasteiger partial charge is 0.481 e. The van der Waals surface area contributed by atoms with E-state index >= 15 is 0 Å². The lowest BCUT2D eigenvalue weighted by Gasteiger charge is -2.38. The van der Waals surface area contributed by atoms with Crippen molar-refractivity contribution in [3.8, 4) is 0 Å². The highest BCUT2D eigenvalue weighted by Crippen LogP contribution is 2.43. The Balaban J connectivity index is 3.42. The summed E-state index contributed by atoms with van der Waals surface area (Å²) in [5.41, 5.74) is 27.3. The molecule has 0 aromatic rings. The van der Waals surface area contributed by atoms with Crippen molar-refractivity contribution >= 4 is 15.2 Å². The fraction of sp³-hybridized carbons (Fsp3) is 0.429. The van der Waals surface area contributed by atoms with Crippen LogP contribution >= 0.6 is 15.2 Å². The molecule has 0 fully saturated rings. The van der Waals surface area contributed by atoms with E-state index in [1.165, 1.54) is 20.3 Å². The van der Waals surface area contributed by atoms with E-state index < -0.39 is 21.4 Å². The van der Waals surface area contributed by atoms with Crippen LogP contribution in [0.25, 0.3) is 0 Å². The molecule has 0 saturated carbocycles. The van der Waals surface area contributed by atoms with Crippen LogP contribution in [0.2, 0.25) is 0 Å². The number of methoxy groups -OCH3 is 2. The monoisotopic (exact) mass is 327 g/mol. The summed E-state index contributed by atoms with van der Waals surface area (Å²) in [6, 6.07) is 0. The number of nitrogens with zero attached hydrogens (tertiary/aromatic N) is 1.